The molecule has 1 rings (SSSR count). The fourth-order valence-corrected chi connectivity index (χ4v) is 1.68. The van der Waals surface area contributed by atoms with E-state index in [1.165, 1.54) is 12.1 Å². The third-order valence-corrected chi connectivity index (χ3v) is 2.97. The molecule has 0 bridgehead atoms. The standard InChI is InChI=1S/C13H19F3N2O/c1-10(18(3)9-8-17-2)11-4-6-12(7-5-11)19-13(14,15)16/h4-7,10,17H,8-9H2,1-3H3. The minimum Gasteiger partial charge on any atom is -0.406 e. The summed E-state index contributed by atoms with van der Waals surface area (Å²) in [7, 11) is 3.85. The van der Waals surface area contributed by atoms with Crippen molar-refractivity contribution in [3.63, 3.8) is 0 Å². The van der Waals surface area contributed by atoms with E-state index in [1.807, 2.05) is 21.0 Å². The van der Waals surface area contributed by atoms with Crippen molar-refractivity contribution in [1.29, 1.82) is 0 Å². The van der Waals surface area contributed by atoms with Gasteiger partial charge in [0.15, 0.2) is 0 Å². The molecule has 19 heavy (non-hydrogen) atoms. The van der Waals surface area contributed by atoms with Gasteiger partial charge >= 0.3 is 6.36 Å². The summed E-state index contributed by atoms with van der Waals surface area (Å²) in [5, 5.41) is 3.05. The Hall–Kier alpha value is -1.27. The fourth-order valence-electron chi connectivity index (χ4n) is 1.68. The topological polar surface area (TPSA) is 24.5 Å². The van der Waals surface area contributed by atoms with Crippen molar-refractivity contribution in [3.8, 4) is 5.75 Å². The van der Waals surface area contributed by atoms with Gasteiger partial charge in [-0.2, -0.15) is 0 Å². The summed E-state index contributed by atoms with van der Waals surface area (Å²) in [6.45, 7) is 3.73. The SMILES string of the molecule is CNCCN(C)C(C)c1ccc(OC(F)(F)F)cc1. The first-order chi connectivity index (χ1) is 8.83. The Kier molecular flexibility index (Phi) is 5.62. The van der Waals surface area contributed by atoms with Crippen LogP contribution in [0.4, 0.5) is 13.2 Å². The van der Waals surface area contributed by atoms with Crippen LogP contribution in [-0.2, 0) is 0 Å². The zero-order chi connectivity index (χ0) is 14.5. The average molecular weight is 276 g/mol. The highest BCUT2D eigenvalue weighted by Gasteiger charge is 2.31. The Morgan fingerprint density at radius 1 is 1.26 bits per heavy atom. The van der Waals surface area contributed by atoms with Gasteiger partial charge in [-0.3, -0.25) is 4.90 Å². The van der Waals surface area contributed by atoms with Crippen LogP contribution >= 0.6 is 0 Å². The average Bonchev–Trinajstić information content (AvgIpc) is 2.34. The molecule has 1 atom stereocenters. The van der Waals surface area contributed by atoms with Gasteiger partial charge in [-0.25, -0.2) is 0 Å². The number of ether oxygens (including phenoxy) is 1. The van der Waals surface area contributed by atoms with Crippen molar-refractivity contribution in [2.24, 2.45) is 0 Å². The summed E-state index contributed by atoms with van der Waals surface area (Å²) in [5.74, 6) is -0.193. The summed E-state index contributed by atoms with van der Waals surface area (Å²) < 4.78 is 39.9. The molecule has 108 valence electrons. The molecule has 0 fully saturated rings. The number of hydrogen-bond donors (Lipinski definition) is 1. The van der Waals surface area contributed by atoms with Crippen LogP contribution in [0.3, 0.4) is 0 Å². The Bertz CT molecular complexity index is 378. The number of nitrogens with zero attached hydrogens (tertiary/aromatic N) is 1. The van der Waals surface area contributed by atoms with Crippen LogP contribution in [-0.4, -0.2) is 38.4 Å². The van der Waals surface area contributed by atoms with E-state index in [0.717, 1.165) is 18.7 Å². The van der Waals surface area contributed by atoms with E-state index in [4.69, 9.17) is 0 Å². The van der Waals surface area contributed by atoms with Gasteiger partial charge in [-0.05, 0) is 38.7 Å². The van der Waals surface area contributed by atoms with Crippen LogP contribution in [0.15, 0.2) is 24.3 Å². The van der Waals surface area contributed by atoms with Crippen LogP contribution < -0.4 is 10.1 Å². The molecule has 0 saturated carbocycles. The predicted molar refractivity (Wildman–Crippen MR) is 68.1 cm³/mol. The highest BCUT2D eigenvalue weighted by molar-refractivity contribution is 5.29. The smallest absolute Gasteiger partial charge is 0.406 e. The number of hydrogen-bond acceptors (Lipinski definition) is 3. The monoisotopic (exact) mass is 276 g/mol. The molecule has 0 spiro atoms. The normalized spacial score (nSPS) is 13.6. The largest absolute Gasteiger partial charge is 0.573 e. The third-order valence-electron chi connectivity index (χ3n) is 2.97. The molecular formula is C13H19F3N2O. The van der Waals surface area contributed by atoms with Crippen molar-refractivity contribution >= 4 is 0 Å². The second-order valence-corrected chi connectivity index (χ2v) is 4.38. The molecule has 0 saturated heterocycles. The maximum atomic E-state index is 12.0. The van der Waals surface area contributed by atoms with E-state index in [2.05, 4.69) is 15.0 Å². The summed E-state index contributed by atoms with van der Waals surface area (Å²) in [4.78, 5) is 2.12. The summed E-state index contributed by atoms with van der Waals surface area (Å²) in [6.07, 6.45) is -4.64. The van der Waals surface area contributed by atoms with E-state index in [0.29, 0.717) is 0 Å². The van der Waals surface area contributed by atoms with E-state index < -0.39 is 6.36 Å². The highest BCUT2D eigenvalue weighted by atomic mass is 19.4. The molecule has 0 radical (unpaired) electrons. The molecule has 0 heterocycles. The molecule has 3 nitrogen and oxygen atoms in total. The third kappa shape index (κ3) is 5.48. The summed E-state index contributed by atoms with van der Waals surface area (Å²) in [5.41, 5.74) is 0.952. The van der Waals surface area contributed by atoms with Crippen molar-refractivity contribution in [1.82, 2.24) is 10.2 Å². The molecule has 0 aromatic heterocycles. The lowest BCUT2D eigenvalue weighted by Crippen LogP contribution is -2.29. The van der Waals surface area contributed by atoms with Gasteiger partial charge in [0.05, 0.1) is 0 Å². The predicted octanol–water partition coefficient (Wildman–Crippen LogP) is 2.80. The molecule has 1 unspecified atom stereocenters. The quantitative estimate of drug-likeness (QED) is 0.864. The number of nitrogens with one attached hydrogen (secondary N) is 1. The molecule has 0 aliphatic rings. The van der Waals surface area contributed by atoms with Crippen LogP contribution in [0.2, 0.25) is 0 Å². The van der Waals surface area contributed by atoms with Crippen LogP contribution in [0.1, 0.15) is 18.5 Å². The first-order valence-corrected chi connectivity index (χ1v) is 6.04. The van der Waals surface area contributed by atoms with Gasteiger partial charge in [0.1, 0.15) is 5.75 Å². The number of likely N-dealkylation sites (N-methyl/N-ethyl adjacent to an activating group) is 2. The molecule has 1 aromatic carbocycles. The lowest BCUT2D eigenvalue weighted by atomic mass is 10.1. The minimum atomic E-state index is -4.64. The first kappa shape index (κ1) is 15.8. The molecule has 6 heteroatoms. The Morgan fingerprint density at radius 2 is 1.84 bits per heavy atom. The highest BCUT2D eigenvalue weighted by Crippen LogP contribution is 2.25. The first-order valence-electron chi connectivity index (χ1n) is 6.04. The second kappa shape index (κ2) is 6.77. The zero-order valence-corrected chi connectivity index (χ0v) is 11.3. The van der Waals surface area contributed by atoms with Gasteiger partial charge in [-0.15, -0.1) is 13.2 Å². The lowest BCUT2D eigenvalue weighted by Gasteiger charge is -2.25. The van der Waals surface area contributed by atoms with Gasteiger partial charge < -0.3 is 10.1 Å². The van der Waals surface area contributed by atoms with Gasteiger partial charge in [0.25, 0.3) is 0 Å². The Balaban J connectivity index is 2.65. The number of benzene rings is 1. The second-order valence-electron chi connectivity index (χ2n) is 4.38. The molecule has 0 aliphatic heterocycles. The van der Waals surface area contributed by atoms with E-state index in [9.17, 15) is 13.2 Å². The molecule has 0 aliphatic carbocycles. The Morgan fingerprint density at radius 3 is 2.32 bits per heavy atom. The van der Waals surface area contributed by atoms with Gasteiger partial charge in [-0.1, -0.05) is 12.1 Å². The molecule has 0 amide bonds. The molecule has 1 N–H and O–H groups in total. The fraction of sp³-hybridized carbons (Fsp3) is 0.538. The van der Waals surface area contributed by atoms with Crippen molar-refractivity contribution in [3.05, 3.63) is 29.8 Å². The van der Waals surface area contributed by atoms with Crippen LogP contribution in [0, 0.1) is 0 Å². The Labute approximate surface area is 111 Å². The lowest BCUT2D eigenvalue weighted by molar-refractivity contribution is -0.274. The van der Waals surface area contributed by atoms with Gasteiger partial charge in [0.2, 0.25) is 0 Å². The summed E-state index contributed by atoms with van der Waals surface area (Å²) in [6, 6.07) is 6.12. The maximum Gasteiger partial charge on any atom is 0.573 e. The number of rotatable bonds is 6. The van der Waals surface area contributed by atoms with E-state index in [-0.39, 0.29) is 11.8 Å². The zero-order valence-electron chi connectivity index (χ0n) is 11.3. The molecular weight excluding hydrogens is 257 g/mol. The van der Waals surface area contributed by atoms with Crippen molar-refractivity contribution in [2.75, 3.05) is 27.2 Å². The maximum absolute atomic E-state index is 12.0. The minimum absolute atomic E-state index is 0.133. The summed E-state index contributed by atoms with van der Waals surface area (Å²) >= 11 is 0. The van der Waals surface area contributed by atoms with E-state index in [1.54, 1.807) is 12.1 Å². The van der Waals surface area contributed by atoms with Crippen molar-refractivity contribution in [2.45, 2.75) is 19.3 Å². The number of alkyl halides is 3. The van der Waals surface area contributed by atoms with Crippen LogP contribution in [0.5, 0.6) is 5.75 Å². The number of halogens is 3. The van der Waals surface area contributed by atoms with Gasteiger partial charge in [0, 0.05) is 19.1 Å². The van der Waals surface area contributed by atoms with Crippen molar-refractivity contribution < 1.29 is 17.9 Å². The molecule has 1 aromatic rings. The van der Waals surface area contributed by atoms with Crippen LogP contribution in [0.25, 0.3) is 0 Å². The van der Waals surface area contributed by atoms with E-state index >= 15 is 0 Å².